The molecule has 9 nitrogen and oxygen atoms in total. The Morgan fingerprint density at radius 3 is 2.43 bits per heavy atom. The van der Waals surface area contributed by atoms with Crippen LogP contribution in [0.5, 0.6) is 0 Å². The molecule has 0 saturated carbocycles. The van der Waals surface area contributed by atoms with Gasteiger partial charge in [-0.3, -0.25) is 24.2 Å². The molecule has 3 rings (SSSR count). The Hall–Kier alpha value is -2.98. The van der Waals surface area contributed by atoms with Gasteiger partial charge in [-0.1, -0.05) is 0 Å². The highest BCUT2D eigenvalue weighted by Crippen LogP contribution is 2.32. The lowest BCUT2D eigenvalue weighted by molar-refractivity contribution is -0.144. The molecule has 1 aromatic heterocycles. The number of hydrogen-bond donors (Lipinski definition) is 3. The number of amides is 1. The van der Waals surface area contributed by atoms with Gasteiger partial charge in [-0.05, 0) is 25.1 Å². The number of piperazine rings is 1. The molecular formula is C20H25FN4O5. The average Bonchev–Trinajstić information content (AvgIpc) is 3.00. The lowest BCUT2D eigenvalue weighted by atomic mass is 10.0. The maximum atomic E-state index is 13.8. The molecule has 162 valence electrons. The number of carbonyl (C=O) groups excluding carboxylic acids is 1. The van der Waals surface area contributed by atoms with Crippen LogP contribution in [0.3, 0.4) is 0 Å². The number of aromatic nitrogens is 1. The molecule has 2 aromatic rings. The minimum absolute atomic E-state index is 0.0699. The largest absolute Gasteiger partial charge is 0.480 e. The fraction of sp³-hybridized carbons (Fsp3) is 0.450. The van der Waals surface area contributed by atoms with E-state index in [1.54, 1.807) is 4.90 Å². The van der Waals surface area contributed by atoms with Crippen LogP contribution in [0.1, 0.15) is 18.5 Å². The summed E-state index contributed by atoms with van der Waals surface area (Å²) in [6, 6.07) is 2.93. The van der Waals surface area contributed by atoms with Gasteiger partial charge in [0.1, 0.15) is 18.4 Å². The van der Waals surface area contributed by atoms with E-state index in [2.05, 4.69) is 5.32 Å². The first kappa shape index (κ1) is 21.7. The number of carboxylic acids is 2. The quantitative estimate of drug-likeness (QED) is 0.577. The number of likely N-dealkylation sites (N-methyl/N-ethyl adjacent to an activating group) is 1. The SMILES string of the molecule is CCNC(=O)CN1CCN([C@H](C(=O)O)c2cn(CC(=O)O)c3cc(F)ccc23)CC1. The molecule has 10 heteroatoms. The molecule has 1 saturated heterocycles. The number of nitrogens with one attached hydrogen (secondary N) is 1. The van der Waals surface area contributed by atoms with E-state index in [0.717, 1.165) is 0 Å². The van der Waals surface area contributed by atoms with Crippen molar-refractivity contribution in [3.8, 4) is 0 Å². The van der Waals surface area contributed by atoms with E-state index in [-0.39, 0.29) is 12.5 Å². The van der Waals surface area contributed by atoms with E-state index in [1.807, 2.05) is 11.8 Å². The number of carboxylic acid groups (broad SMARTS) is 2. The lowest BCUT2D eigenvalue weighted by Crippen LogP contribution is -2.51. The van der Waals surface area contributed by atoms with Crippen LogP contribution in [0.2, 0.25) is 0 Å². The van der Waals surface area contributed by atoms with Gasteiger partial charge < -0.3 is 20.1 Å². The smallest absolute Gasteiger partial charge is 0.325 e. The highest BCUT2D eigenvalue weighted by atomic mass is 19.1. The van der Waals surface area contributed by atoms with Crippen molar-refractivity contribution < 1.29 is 29.0 Å². The summed E-state index contributed by atoms with van der Waals surface area (Å²) in [4.78, 5) is 38.9. The van der Waals surface area contributed by atoms with Crippen molar-refractivity contribution in [2.75, 3.05) is 39.3 Å². The molecule has 2 heterocycles. The van der Waals surface area contributed by atoms with Crippen LogP contribution in [0, 0.1) is 5.82 Å². The number of aliphatic carboxylic acids is 2. The van der Waals surface area contributed by atoms with Crippen molar-refractivity contribution in [3.05, 3.63) is 35.8 Å². The molecule has 1 amide bonds. The highest BCUT2D eigenvalue weighted by Gasteiger charge is 2.33. The van der Waals surface area contributed by atoms with Gasteiger partial charge in [0.05, 0.1) is 12.1 Å². The fourth-order valence-electron chi connectivity index (χ4n) is 3.91. The monoisotopic (exact) mass is 420 g/mol. The lowest BCUT2D eigenvalue weighted by Gasteiger charge is -2.37. The van der Waals surface area contributed by atoms with Crippen molar-refractivity contribution in [1.82, 2.24) is 19.7 Å². The van der Waals surface area contributed by atoms with Crippen molar-refractivity contribution >= 4 is 28.7 Å². The molecule has 0 radical (unpaired) electrons. The third-order valence-corrected chi connectivity index (χ3v) is 5.22. The van der Waals surface area contributed by atoms with Gasteiger partial charge in [-0.2, -0.15) is 0 Å². The van der Waals surface area contributed by atoms with Gasteiger partial charge >= 0.3 is 11.9 Å². The summed E-state index contributed by atoms with van der Waals surface area (Å²) in [5.41, 5.74) is 0.768. The maximum Gasteiger partial charge on any atom is 0.325 e. The zero-order valence-corrected chi connectivity index (χ0v) is 16.7. The Labute approximate surface area is 172 Å². The Morgan fingerprint density at radius 2 is 1.83 bits per heavy atom. The number of fused-ring (bicyclic) bond motifs is 1. The summed E-state index contributed by atoms with van der Waals surface area (Å²) in [7, 11) is 0. The normalized spacial score (nSPS) is 16.5. The van der Waals surface area contributed by atoms with Crippen molar-refractivity contribution in [2.24, 2.45) is 0 Å². The van der Waals surface area contributed by atoms with Gasteiger partial charge in [0.25, 0.3) is 0 Å². The van der Waals surface area contributed by atoms with Gasteiger partial charge in [0, 0.05) is 49.9 Å². The van der Waals surface area contributed by atoms with Crippen LogP contribution < -0.4 is 5.32 Å². The number of nitrogens with zero attached hydrogens (tertiary/aromatic N) is 3. The van der Waals surface area contributed by atoms with Crippen molar-refractivity contribution in [1.29, 1.82) is 0 Å². The summed E-state index contributed by atoms with van der Waals surface area (Å²) in [5, 5.41) is 22.4. The number of hydrogen-bond acceptors (Lipinski definition) is 5. The van der Waals surface area contributed by atoms with Gasteiger partial charge in [-0.15, -0.1) is 0 Å². The predicted molar refractivity (Wildman–Crippen MR) is 107 cm³/mol. The zero-order valence-electron chi connectivity index (χ0n) is 16.7. The number of rotatable bonds is 8. The van der Waals surface area contributed by atoms with Gasteiger partial charge in [-0.25, -0.2) is 4.39 Å². The predicted octanol–water partition coefficient (Wildman–Crippen LogP) is 0.744. The molecule has 1 aliphatic rings. The molecular weight excluding hydrogens is 395 g/mol. The van der Waals surface area contributed by atoms with E-state index in [4.69, 9.17) is 5.11 Å². The van der Waals surface area contributed by atoms with Crippen LogP contribution in [-0.4, -0.2) is 81.7 Å². The van der Waals surface area contributed by atoms with Gasteiger partial charge in [0.2, 0.25) is 5.91 Å². The van der Waals surface area contributed by atoms with Crippen LogP contribution >= 0.6 is 0 Å². The molecule has 1 atom stereocenters. The highest BCUT2D eigenvalue weighted by molar-refractivity contribution is 5.90. The first-order valence-electron chi connectivity index (χ1n) is 9.76. The summed E-state index contributed by atoms with van der Waals surface area (Å²) >= 11 is 0. The van der Waals surface area contributed by atoms with Gasteiger partial charge in [0.15, 0.2) is 0 Å². The third-order valence-electron chi connectivity index (χ3n) is 5.22. The van der Waals surface area contributed by atoms with E-state index in [0.29, 0.717) is 49.2 Å². The summed E-state index contributed by atoms with van der Waals surface area (Å²) in [6.45, 7) is 4.20. The standard InChI is InChI=1S/C20H25FN4O5/c1-2-22-17(26)11-23-5-7-24(8-6-23)19(20(29)30)15-10-25(12-18(27)28)16-9-13(21)3-4-14(15)16/h3-4,9-10,19H,2,5-8,11-12H2,1H3,(H,22,26)(H,27,28)(H,29,30)/t19-/m0/s1. The average molecular weight is 420 g/mol. The minimum atomic E-state index is -1.10. The molecule has 1 aliphatic heterocycles. The summed E-state index contributed by atoms with van der Waals surface area (Å²) in [6.07, 6.45) is 1.48. The molecule has 30 heavy (non-hydrogen) atoms. The van der Waals surface area contributed by atoms with Crippen LogP contribution in [-0.2, 0) is 20.9 Å². The Balaban J connectivity index is 1.85. The van der Waals surface area contributed by atoms with Crippen molar-refractivity contribution in [2.45, 2.75) is 19.5 Å². The van der Waals surface area contributed by atoms with Crippen LogP contribution in [0.25, 0.3) is 10.9 Å². The number of benzene rings is 1. The topological polar surface area (TPSA) is 115 Å². The first-order valence-corrected chi connectivity index (χ1v) is 9.76. The van der Waals surface area contributed by atoms with Crippen LogP contribution in [0.15, 0.2) is 24.4 Å². The number of carbonyl (C=O) groups is 3. The molecule has 0 bridgehead atoms. The first-order chi connectivity index (χ1) is 14.3. The maximum absolute atomic E-state index is 13.8. The summed E-state index contributed by atoms with van der Waals surface area (Å²) < 4.78 is 15.1. The molecule has 0 aliphatic carbocycles. The molecule has 0 spiro atoms. The van der Waals surface area contributed by atoms with E-state index in [9.17, 15) is 23.9 Å². The van der Waals surface area contributed by atoms with E-state index in [1.165, 1.54) is 29.0 Å². The minimum Gasteiger partial charge on any atom is -0.480 e. The van der Waals surface area contributed by atoms with E-state index >= 15 is 0 Å². The van der Waals surface area contributed by atoms with Crippen LogP contribution in [0.4, 0.5) is 4.39 Å². The second-order valence-electron chi connectivity index (χ2n) is 7.27. The molecule has 0 unspecified atom stereocenters. The number of halogens is 1. The molecule has 1 aromatic carbocycles. The molecule has 1 fully saturated rings. The second-order valence-corrected chi connectivity index (χ2v) is 7.27. The molecule has 3 N–H and O–H groups in total. The Kier molecular flexibility index (Phi) is 6.68. The van der Waals surface area contributed by atoms with Crippen molar-refractivity contribution in [3.63, 3.8) is 0 Å². The Bertz CT molecular complexity index is 952. The fourth-order valence-corrected chi connectivity index (χ4v) is 3.91. The summed E-state index contributed by atoms with van der Waals surface area (Å²) in [5.74, 6) is -2.76. The van der Waals surface area contributed by atoms with E-state index < -0.39 is 30.3 Å². The zero-order chi connectivity index (χ0) is 21.8. The third kappa shape index (κ3) is 4.77. The Morgan fingerprint density at radius 1 is 1.13 bits per heavy atom. The second kappa shape index (κ2) is 9.23.